The van der Waals surface area contributed by atoms with E-state index in [0.717, 1.165) is 12.1 Å². The van der Waals surface area contributed by atoms with Gasteiger partial charge in [0.1, 0.15) is 22.3 Å². The number of pyridine rings is 1. The summed E-state index contributed by atoms with van der Waals surface area (Å²) in [7, 11) is 0. The van der Waals surface area contributed by atoms with Crippen molar-refractivity contribution in [1.82, 2.24) is 4.98 Å². The zero-order valence-corrected chi connectivity index (χ0v) is 10.0. The summed E-state index contributed by atoms with van der Waals surface area (Å²) < 4.78 is 39.7. The molecule has 0 aliphatic rings. The standard InChI is InChI=1S/C12H7ClF3NO2/c13-10-6-5-9(18)11(17-10)7-1-3-8(4-2-7)19-12(14,15)16/h1-6,18H. The quantitative estimate of drug-likeness (QED) is 0.850. The van der Waals surface area contributed by atoms with E-state index in [1.807, 2.05) is 0 Å². The van der Waals surface area contributed by atoms with E-state index in [1.54, 1.807) is 0 Å². The minimum Gasteiger partial charge on any atom is -0.506 e. The van der Waals surface area contributed by atoms with Crippen molar-refractivity contribution < 1.29 is 23.0 Å². The summed E-state index contributed by atoms with van der Waals surface area (Å²) in [5, 5.41) is 9.78. The van der Waals surface area contributed by atoms with Gasteiger partial charge in [-0.3, -0.25) is 0 Å². The summed E-state index contributed by atoms with van der Waals surface area (Å²) in [5.74, 6) is -0.466. The van der Waals surface area contributed by atoms with Crippen molar-refractivity contribution >= 4 is 11.6 Å². The van der Waals surface area contributed by atoms with Gasteiger partial charge in [0.15, 0.2) is 0 Å². The molecule has 0 atom stereocenters. The van der Waals surface area contributed by atoms with Gasteiger partial charge in [0.05, 0.1) is 0 Å². The number of ether oxygens (including phenoxy) is 1. The summed E-state index contributed by atoms with van der Waals surface area (Å²) in [6.45, 7) is 0. The van der Waals surface area contributed by atoms with Crippen LogP contribution in [0.5, 0.6) is 11.5 Å². The maximum Gasteiger partial charge on any atom is 0.573 e. The van der Waals surface area contributed by atoms with Crippen molar-refractivity contribution in [3.63, 3.8) is 0 Å². The van der Waals surface area contributed by atoms with Gasteiger partial charge in [0.2, 0.25) is 0 Å². The normalized spacial score (nSPS) is 11.4. The van der Waals surface area contributed by atoms with Crippen molar-refractivity contribution in [3.05, 3.63) is 41.6 Å². The molecule has 3 nitrogen and oxygen atoms in total. The molecule has 0 saturated carbocycles. The van der Waals surface area contributed by atoms with Crippen LogP contribution in [0.4, 0.5) is 13.2 Å². The predicted octanol–water partition coefficient (Wildman–Crippen LogP) is 4.01. The highest BCUT2D eigenvalue weighted by atomic mass is 35.5. The molecule has 0 aliphatic heterocycles. The third-order valence-corrected chi connectivity index (χ3v) is 2.41. The van der Waals surface area contributed by atoms with Crippen LogP contribution in [0, 0.1) is 0 Å². The Kier molecular flexibility index (Phi) is 3.53. The Morgan fingerprint density at radius 3 is 2.26 bits per heavy atom. The first kappa shape index (κ1) is 13.5. The molecule has 0 saturated heterocycles. The van der Waals surface area contributed by atoms with Crippen LogP contribution in [-0.2, 0) is 0 Å². The van der Waals surface area contributed by atoms with Gasteiger partial charge in [0, 0.05) is 5.56 Å². The molecular formula is C12H7ClF3NO2. The number of hydrogen-bond donors (Lipinski definition) is 1. The van der Waals surface area contributed by atoms with E-state index in [0.29, 0.717) is 5.56 Å². The van der Waals surface area contributed by atoms with E-state index in [1.165, 1.54) is 24.3 Å². The summed E-state index contributed by atoms with van der Waals surface area (Å²) in [4.78, 5) is 3.90. The maximum atomic E-state index is 12.0. The lowest BCUT2D eigenvalue weighted by atomic mass is 10.1. The smallest absolute Gasteiger partial charge is 0.506 e. The van der Waals surface area contributed by atoms with E-state index in [-0.39, 0.29) is 22.3 Å². The zero-order chi connectivity index (χ0) is 14.0. The Balaban J connectivity index is 2.30. The fourth-order valence-corrected chi connectivity index (χ4v) is 1.60. The molecule has 0 aliphatic carbocycles. The molecule has 1 N–H and O–H groups in total. The monoisotopic (exact) mass is 289 g/mol. The van der Waals surface area contributed by atoms with E-state index in [9.17, 15) is 18.3 Å². The number of rotatable bonds is 2. The molecule has 2 rings (SSSR count). The molecule has 1 aromatic heterocycles. The van der Waals surface area contributed by atoms with Gasteiger partial charge in [-0.2, -0.15) is 0 Å². The molecule has 0 radical (unpaired) electrons. The molecule has 100 valence electrons. The number of nitrogens with zero attached hydrogens (tertiary/aromatic N) is 1. The second kappa shape index (κ2) is 4.97. The number of halogens is 4. The molecule has 0 spiro atoms. The lowest BCUT2D eigenvalue weighted by molar-refractivity contribution is -0.274. The molecule has 0 bridgehead atoms. The van der Waals surface area contributed by atoms with Gasteiger partial charge in [0.25, 0.3) is 0 Å². The fraction of sp³-hybridized carbons (Fsp3) is 0.0833. The first-order valence-corrected chi connectivity index (χ1v) is 5.45. The van der Waals surface area contributed by atoms with Crippen molar-refractivity contribution in [2.75, 3.05) is 0 Å². The van der Waals surface area contributed by atoms with Gasteiger partial charge in [-0.1, -0.05) is 11.6 Å². The van der Waals surface area contributed by atoms with Crippen LogP contribution in [-0.4, -0.2) is 16.5 Å². The summed E-state index contributed by atoms with van der Waals surface area (Å²) >= 11 is 5.69. The van der Waals surface area contributed by atoms with Crippen molar-refractivity contribution in [2.45, 2.75) is 6.36 Å². The maximum absolute atomic E-state index is 12.0. The lowest BCUT2D eigenvalue weighted by Gasteiger charge is -2.09. The first-order chi connectivity index (χ1) is 8.85. The Bertz CT molecular complexity index is 585. The Hall–Kier alpha value is -1.95. The van der Waals surface area contributed by atoms with Crippen LogP contribution >= 0.6 is 11.6 Å². The minimum atomic E-state index is -4.74. The number of alkyl halides is 3. The predicted molar refractivity (Wildman–Crippen MR) is 63.0 cm³/mol. The topological polar surface area (TPSA) is 42.4 Å². The molecule has 19 heavy (non-hydrogen) atoms. The van der Waals surface area contributed by atoms with Crippen molar-refractivity contribution in [2.24, 2.45) is 0 Å². The average molecular weight is 290 g/mol. The van der Waals surface area contributed by atoms with Gasteiger partial charge < -0.3 is 9.84 Å². The Morgan fingerprint density at radius 2 is 1.68 bits per heavy atom. The van der Waals surface area contributed by atoms with Crippen LogP contribution < -0.4 is 4.74 Å². The summed E-state index contributed by atoms with van der Waals surface area (Å²) in [6, 6.07) is 7.71. The second-order valence-electron chi connectivity index (χ2n) is 3.57. The second-order valence-corrected chi connectivity index (χ2v) is 3.96. The van der Waals surface area contributed by atoms with Crippen LogP contribution in [0.1, 0.15) is 0 Å². The van der Waals surface area contributed by atoms with E-state index >= 15 is 0 Å². The van der Waals surface area contributed by atoms with Gasteiger partial charge >= 0.3 is 6.36 Å². The first-order valence-electron chi connectivity index (χ1n) is 5.07. The SMILES string of the molecule is Oc1ccc(Cl)nc1-c1ccc(OC(F)(F)F)cc1. The number of hydrogen-bond acceptors (Lipinski definition) is 3. The van der Waals surface area contributed by atoms with Crippen molar-refractivity contribution in [3.8, 4) is 22.8 Å². The van der Waals surface area contributed by atoms with Crippen LogP contribution in [0.2, 0.25) is 5.15 Å². The summed E-state index contributed by atoms with van der Waals surface area (Å²) in [6.07, 6.45) is -4.74. The largest absolute Gasteiger partial charge is 0.573 e. The molecular weight excluding hydrogens is 283 g/mol. The number of benzene rings is 1. The fourth-order valence-electron chi connectivity index (χ4n) is 1.45. The molecule has 7 heteroatoms. The third kappa shape index (κ3) is 3.51. The van der Waals surface area contributed by atoms with Gasteiger partial charge in [-0.15, -0.1) is 13.2 Å². The highest BCUT2D eigenvalue weighted by Crippen LogP contribution is 2.30. The zero-order valence-electron chi connectivity index (χ0n) is 9.28. The van der Waals surface area contributed by atoms with Gasteiger partial charge in [-0.05, 0) is 36.4 Å². The Morgan fingerprint density at radius 1 is 1.05 bits per heavy atom. The molecule has 0 unspecified atom stereocenters. The highest BCUT2D eigenvalue weighted by molar-refractivity contribution is 6.29. The Labute approximate surface area is 111 Å². The van der Waals surface area contributed by atoms with E-state index < -0.39 is 6.36 Å². The number of aromatic nitrogens is 1. The van der Waals surface area contributed by atoms with Crippen LogP contribution in [0.15, 0.2) is 36.4 Å². The van der Waals surface area contributed by atoms with Crippen molar-refractivity contribution in [1.29, 1.82) is 0 Å². The van der Waals surface area contributed by atoms with Crippen LogP contribution in [0.3, 0.4) is 0 Å². The number of aromatic hydroxyl groups is 1. The average Bonchev–Trinajstić information content (AvgIpc) is 2.31. The molecule has 1 heterocycles. The van der Waals surface area contributed by atoms with Crippen LogP contribution in [0.25, 0.3) is 11.3 Å². The lowest BCUT2D eigenvalue weighted by Crippen LogP contribution is -2.16. The van der Waals surface area contributed by atoms with Gasteiger partial charge in [-0.25, -0.2) is 4.98 Å². The molecule has 0 fully saturated rings. The summed E-state index contributed by atoms with van der Waals surface area (Å²) in [5.41, 5.74) is 0.612. The minimum absolute atomic E-state index is 0.117. The molecule has 2 aromatic rings. The molecule has 0 amide bonds. The third-order valence-electron chi connectivity index (χ3n) is 2.20. The highest BCUT2D eigenvalue weighted by Gasteiger charge is 2.31. The molecule has 1 aromatic carbocycles. The van der Waals surface area contributed by atoms with E-state index in [4.69, 9.17) is 11.6 Å². The van der Waals surface area contributed by atoms with E-state index in [2.05, 4.69) is 9.72 Å².